The van der Waals surface area contributed by atoms with Crippen LogP contribution in [0.4, 0.5) is 5.69 Å². The second-order valence-electron chi connectivity index (χ2n) is 7.57. The molecule has 1 aromatic heterocycles. The van der Waals surface area contributed by atoms with E-state index in [9.17, 15) is 19.6 Å². The lowest BCUT2D eigenvalue weighted by Gasteiger charge is -2.12. The molecule has 2 aromatic rings. The highest BCUT2D eigenvalue weighted by Crippen LogP contribution is 2.20. The molecule has 0 unspecified atom stereocenters. The lowest BCUT2D eigenvalue weighted by atomic mass is 10.1. The zero-order valence-electron chi connectivity index (χ0n) is 18.1. The maximum Gasteiger partial charge on any atom is 0.349 e. The summed E-state index contributed by atoms with van der Waals surface area (Å²) < 4.78 is 7.11. The molecule has 1 aromatic carbocycles. The Morgan fingerprint density at radius 3 is 2.42 bits per heavy atom. The Bertz CT molecular complexity index is 1060. The summed E-state index contributed by atoms with van der Waals surface area (Å²) in [4.78, 5) is 35.4. The Kier molecular flexibility index (Phi) is 7.75. The Morgan fingerprint density at radius 2 is 1.87 bits per heavy atom. The van der Waals surface area contributed by atoms with Crippen LogP contribution in [0, 0.1) is 31.1 Å². The average Bonchev–Trinajstić information content (AvgIpc) is 2.97. The van der Waals surface area contributed by atoms with Gasteiger partial charge in [-0.1, -0.05) is 13.8 Å². The number of primary amides is 1. The number of nitriles is 1. The number of carbonyl (C=O) groups is 3. The Labute approximate surface area is 181 Å². The number of esters is 1. The topological polar surface area (TPSA) is 127 Å². The van der Waals surface area contributed by atoms with E-state index in [0.717, 1.165) is 23.5 Å². The summed E-state index contributed by atoms with van der Waals surface area (Å²) in [5.74, 6) is -1.58. The van der Waals surface area contributed by atoms with E-state index in [0.29, 0.717) is 17.2 Å². The van der Waals surface area contributed by atoms with E-state index in [1.165, 1.54) is 30.3 Å². The summed E-state index contributed by atoms with van der Waals surface area (Å²) >= 11 is 0. The van der Waals surface area contributed by atoms with Crippen LogP contribution in [-0.4, -0.2) is 29.0 Å². The highest BCUT2D eigenvalue weighted by atomic mass is 16.5. The number of hydrogen-bond donors (Lipinski definition) is 2. The van der Waals surface area contributed by atoms with Crippen molar-refractivity contribution in [3.05, 3.63) is 58.4 Å². The summed E-state index contributed by atoms with van der Waals surface area (Å²) in [5, 5.41) is 11.9. The summed E-state index contributed by atoms with van der Waals surface area (Å²) in [6, 6.07) is 9.70. The lowest BCUT2D eigenvalue weighted by Crippen LogP contribution is -2.21. The number of anilines is 1. The molecule has 0 saturated carbocycles. The number of nitrogens with one attached hydrogen (secondary N) is 1. The first-order chi connectivity index (χ1) is 14.6. The van der Waals surface area contributed by atoms with Crippen LogP contribution in [0.2, 0.25) is 0 Å². The average molecular weight is 422 g/mol. The van der Waals surface area contributed by atoms with Crippen molar-refractivity contribution in [1.29, 1.82) is 5.26 Å². The molecule has 2 rings (SSSR count). The van der Waals surface area contributed by atoms with Crippen LogP contribution in [0.3, 0.4) is 0 Å². The maximum absolute atomic E-state index is 12.3. The highest BCUT2D eigenvalue weighted by Gasteiger charge is 2.16. The number of aryl methyl sites for hydroxylation is 1. The first-order valence-electron chi connectivity index (χ1n) is 9.77. The fourth-order valence-corrected chi connectivity index (χ4v) is 3.04. The molecule has 162 valence electrons. The minimum atomic E-state index is -0.879. The number of aromatic nitrogens is 1. The number of nitrogens with zero attached hydrogens (tertiary/aromatic N) is 2. The third kappa shape index (κ3) is 6.31. The molecule has 0 aliphatic rings. The Morgan fingerprint density at radius 1 is 1.23 bits per heavy atom. The summed E-state index contributed by atoms with van der Waals surface area (Å²) in [5.41, 5.74) is 8.43. The minimum Gasteiger partial charge on any atom is -0.451 e. The molecule has 1 heterocycles. The second kappa shape index (κ2) is 10.3. The fraction of sp³-hybridized carbons (Fsp3) is 0.304. The van der Waals surface area contributed by atoms with E-state index in [1.54, 1.807) is 0 Å². The van der Waals surface area contributed by atoms with Crippen molar-refractivity contribution in [2.24, 2.45) is 11.7 Å². The number of benzene rings is 1. The third-order valence-corrected chi connectivity index (χ3v) is 4.59. The Balaban J connectivity index is 2.02. The van der Waals surface area contributed by atoms with E-state index in [4.69, 9.17) is 10.5 Å². The number of amides is 2. The van der Waals surface area contributed by atoms with Crippen LogP contribution in [0.5, 0.6) is 0 Å². The normalized spacial score (nSPS) is 11.2. The van der Waals surface area contributed by atoms with E-state index in [1.807, 2.05) is 26.0 Å². The molecule has 0 bridgehead atoms. The summed E-state index contributed by atoms with van der Waals surface area (Å²) in [7, 11) is 0. The van der Waals surface area contributed by atoms with Crippen LogP contribution in [-0.2, 0) is 20.9 Å². The number of nitrogens with two attached hydrogens (primary N) is 1. The van der Waals surface area contributed by atoms with Gasteiger partial charge in [0.15, 0.2) is 6.61 Å². The quantitative estimate of drug-likeness (QED) is 0.384. The van der Waals surface area contributed by atoms with Gasteiger partial charge >= 0.3 is 5.97 Å². The molecule has 0 aliphatic heterocycles. The Hall–Kier alpha value is -3.86. The number of ether oxygens (including phenoxy) is 1. The van der Waals surface area contributed by atoms with Crippen molar-refractivity contribution in [2.75, 3.05) is 11.9 Å². The summed E-state index contributed by atoms with van der Waals surface area (Å²) in [6.07, 6.45) is 1.47. The minimum absolute atomic E-state index is 0.191. The van der Waals surface area contributed by atoms with Crippen molar-refractivity contribution in [2.45, 2.75) is 34.2 Å². The van der Waals surface area contributed by atoms with Gasteiger partial charge in [0.05, 0.1) is 0 Å². The predicted octanol–water partition coefficient (Wildman–Crippen LogP) is 2.95. The third-order valence-electron chi connectivity index (χ3n) is 4.59. The highest BCUT2D eigenvalue weighted by molar-refractivity contribution is 6.00. The number of rotatable bonds is 8. The van der Waals surface area contributed by atoms with Crippen LogP contribution in [0.25, 0.3) is 6.08 Å². The molecule has 0 aliphatic carbocycles. The standard InChI is InChI=1S/C23H26N4O4/c1-14(2)12-27-15(3)9-18(16(27)4)10-19(11-24)23(30)31-13-21(28)26-20-7-5-17(6-8-20)22(25)29/h5-10,14H,12-13H2,1-4H3,(H2,25,29)(H,26,28)/b19-10+. The molecule has 8 nitrogen and oxygen atoms in total. The first-order valence-corrected chi connectivity index (χ1v) is 9.77. The van der Waals surface area contributed by atoms with Gasteiger partial charge in [-0.15, -0.1) is 0 Å². The van der Waals surface area contributed by atoms with Gasteiger partial charge in [-0.25, -0.2) is 4.79 Å². The van der Waals surface area contributed by atoms with Crippen molar-refractivity contribution in [3.8, 4) is 6.07 Å². The van der Waals surface area contributed by atoms with Crippen molar-refractivity contribution >= 4 is 29.5 Å². The van der Waals surface area contributed by atoms with Gasteiger partial charge in [0.1, 0.15) is 11.6 Å². The largest absolute Gasteiger partial charge is 0.451 e. The van der Waals surface area contributed by atoms with Crippen LogP contribution >= 0.6 is 0 Å². The smallest absolute Gasteiger partial charge is 0.349 e. The molecule has 31 heavy (non-hydrogen) atoms. The first kappa shape index (κ1) is 23.4. The van der Waals surface area contributed by atoms with Gasteiger partial charge in [-0.3, -0.25) is 9.59 Å². The van der Waals surface area contributed by atoms with Gasteiger partial charge in [0.25, 0.3) is 5.91 Å². The molecular formula is C23H26N4O4. The molecular weight excluding hydrogens is 396 g/mol. The maximum atomic E-state index is 12.3. The SMILES string of the molecule is Cc1cc(/C=C(\C#N)C(=O)OCC(=O)Nc2ccc(C(N)=O)cc2)c(C)n1CC(C)C. The second-order valence-corrected chi connectivity index (χ2v) is 7.57. The van der Waals surface area contributed by atoms with Gasteiger partial charge in [-0.05, 0) is 61.7 Å². The molecule has 0 radical (unpaired) electrons. The fourth-order valence-electron chi connectivity index (χ4n) is 3.04. The summed E-state index contributed by atoms with van der Waals surface area (Å²) in [6.45, 7) is 8.41. The van der Waals surface area contributed by atoms with Crippen LogP contribution in [0.1, 0.15) is 41.2 Å². The monoisotopic (exact) mass is 422 g/mol. The van der Waals surface area contributed by atoms with Crippen LogP contribution < -0.4 is 11.1 Å². The molecule has 0 spiro atoms. The van der Waals surface area contributed by atoms with Gasteiger partial charge in [0, 0.05) is 29.2 Å². The lowest BCUT2D eigenvalue weighted by molar-refractivity contribution is -0.142. The molecule has 3 N–H and O–H groups in total. The zero-order chi connectivity index (χ0) is 23.1. The van der Waals surface area contributed by atoms with Crippen molar-refractivity contribution in [1.82, 2.24) is 4.57 Å². The van der Waals surface area contributed by atoms with Gasteiger partial charge in [-0.2, -0.15) is 5.26 Å². The number of hydrogen-bond acceptors (Lipinski definition) is 5. The number of carbonyl (C=O) groups excluding carboxylic acids is 3. The van der Waals surface area contributed by atoms with E-state index < -0.39 is 24.4 Å². The molecule has 0 atom stereocenters. The van der Waals surface area contributed by atoms with E-state index >= 15 is 0 Å². The predicted molar refractivity (Wildman–Crippen MR) is 117 cm³/mol. The van der Waals surface area contributed by atoms with Gasteiger partial charge < -0.3 is 20.4 Å². The molecule has 8 heteroatoms. The van der Waals surface area contributed by atoms with Crippen LogP contribution in [0.15, 0.2) is 35.9 Å². The zero-order valence-corrected chi connectivity index (χ0v) is 18.1. The van der Waals surface area contributed by atoms with Gasteiger partial charge in [0.2, 0.25) is 5.91 Å². The molecule has 2 amide bonds. The molecule has 0 fully saturated rings. The van der Waals surface area contributed by atoms with E-state index in [-0.39, 0.29) is 5.57 Å². The van der Waals surface area contributed by atoms with Crippen molar-refractivity contribution < 1.29 is 19.1 Å². The van der Waals surface area contributed by atoms with Crippen molar-refractivity contribution in [3.63, 3.8) is 0 Å². The molecule has 0 saturated heterocycles. The van der Waals surface area contributed by atoms with E-state index in [2.05, 4.69) is 23.7 Å².